The van der Waals surface area contributed by atoms with Gasteiger partial charge >= 0.3 is 0 Å². The Balaban J connectivity index is 0.000000246. The predicted molar refractivity (Wildman–Crippen MR) is 389 cm³/mol. The molecule has 4 aromatic carbocycles. The summed E-state index contributed by atoms with van der Waals surface area (Å²) in [6.07, 6.45) is 6.05. The summed E-state index contributed by atoms with van der Waals surface area (Å²) in [4.78, 5) is 0. The topological polar surface area (TPSA) is 15.5 Å². The largest absolute Gasteiger partial charge is 0.212 e. The third kappa shape index (κ3) is 23.0. The molecule has 4 aromatic heterocycles. The Morgan fingerprint density at radius 3 is 1.04 bits per heavy atom. The van der Waals surface area contributed by atoms with E-state index in [9.17, 15) is 0 Å². The highest BCUT2D eigenvalue weighted by Crippen LogP contribution is 2.34. The molecule has 4 heterocycles. The smallest absolute Gasteiger partial charge is 0.201 e. The summed E-state index contributed by atoms with van der Waals surface area (Å²) in [6.45, 7) is 45.1. The Morgan fingerprint density at radius 1 is 0.289 bits per heavy atom. The zero-order valence-electron chi connectivity index (χ0n) is 73.1. The van der Waals surface area contributed by atoms with Gasteiger partial charge in [-0.3, -0.25) is 0 Å². The predicted octanol–water partition coefficient (Wildman–Crippen LogP) is 20.7. The van der Waals surface area contributed by atoms with E-state index < -0.39 is 49.1 Å². The van der Waals surface area contributed by atoms with E-state index in [4.69, 9.17) is 16.4 Å². The molecule has 0 spiro atoms. The van der Waals surface area contributed by atoms with Crippen LogP contribution in [0.25, 0.3) is 45.0 Å². The number of hydrogen-bond acceptors (Lipinski definition) is 0. The molecule has 0 N–H and O–H groups in total. The lowest BCUT2D eigenvalue weighted by Crippen LogP contribution is -2.33. The standard InChI is InChI=1S/2C23H34N.2C20H28N/c2*1-17-11-9-10-12-20(17)21-13-18(14-22(2,3)4)19(16-24(21)8)15-23(5,6)7;2*1-14-8-9-18(16(3)10-14)19-11-15(2)17(13-21(19)7)12-20(4,5)6/h2*9-13,16H,14-15H2,1-8H3;2*8-11,13H,12H2,1-7H3/q4*+1/i14D2,15D2;;1D3,2D3,12D2;. The molecule has 4 heteroatoms. The molecule has 0 fully saturated rings. The minimum Gasteiger partial charge on any atom is -0.201 e. The van der Waals surface area contributed by atoms with Crippen LogP contribution in [0.2, 0.25) is 0 Å². The fourth-order valence-corrected chi connectivity index (χ4v) is 11.4. The Morgan fingerprint density at radius 2 is 0.622 bits per heavy atom. The van der Waals surface area contributed by atoms with Crippen molar-refractivity contribution in [1.29, 1.82) is 0 Å². The van der Waals surface area contributed by atoms with E-state index in [1.54, 1.807) is 63.8 Å². The minimum atomic E-state index is -2.50. The van der Waals surface area contributed by atoms with E-state index in [-0.39, 0.29) is 22.1 Å². The average Bonchev–Trinajstić information content (AvgIpc) is 0.742. The van der Waals surface area contributed by atoms with Crippen LogP contribution in [-0.4, -0.2) is 0 Å². The van der Waals surface area contributed by atoms with Gasteiger partial charge in [0.25, 0.3) is 0 Å². The third-order valence-electron chi connectivity index (χ3n) is 15.3. The van der Waals surface area contributed by atoms with Crippen LogP contribution >= 0.6 is 0 Å². The molecule has 0 saturated carbocycles. The van der Waals surface area contributed by atoms with Crippen molar-refractivity contribution in [3.63, 3.8) is 0 Å². The Bertz CT molecular complexity index is 4260. The summed E-state index contributed by atoms with van der Waals surface area (Å²) >= 11 is 0. The summed E-state index contributed by atoms with van der Waals surface area (Å²) in [5.41, 5.74) is 20.0. The summed E-state index contributed by atoms with van der Waals surface area (Å²) in [5, 5.41) is 0. The van der Waals surface area contributed by atoms with Crippen molar-refractivity contribution in [3.05, 3.63) is 212 Å². The second-order valence-electron chi connectivity index (χ2n) is 32.3. The number of hydrogen-bond donors (Lipinski definition) is 0. The van der Waals surface area contributed by atoms with Gasteiger partial charge in [-0.15, -0.1) is 0 Å². The summed E-state index contributed by atoms with van der Waals surface area (Å²) in [5.74, 6) is 0. The van der Waals surface area contributed by atoms with E-state index in [1.807, 2.05) is 90.4 Å². The van der Waals surface area contributed by atoms with Gasteiger partial charge in [0.2, 0.25) is 22.8 Å². The summed E-state index contributed by atoms with van der Waals surface area (Å²) in [7, 11) is 7.97. The molecule has 8 rings (SSSR count). The van der Waals surface area contributed by atoms with Crippen LogP contribution in [0.3, 0.4) is 0 Å². The number of nitrogens with zero attached hydrogens (tertiary/aromatic N) is 4. The quantitative estimate of drug-likeness (QED) is 0.121. The zero-order valence-corrected chi connectivity index (χ0v) is 61.1. The van der Waals surface area contributed by atoms with E-state index in [1.165, 1.54) is 73.6 Å². The molecule has 0 aliphatic heterocycles. The Labute approximate surface area is 568 Å². The van der Waals surface area contributed by atoms with E-state index >= 15 is 0 Å². The van der Waals surface area contributed by atoms with Crippen LogP contribution in [0.5, 0.6) is 0 Å². The molecule has 90 heavy (non-hydrogen) atoms. The Hall–Kier alpha value is -6.52. The van der Waals surface area contributed by atoms with Crippen molar-refractivity contribution in [3.8, 4) is 45.0 Å². The first-order valence-electron chi connectivity index (χ1n) is 38.4. The van der Waals surface area contributed by atoms with E-state index in [0.717, 1.165) is 36.1 Å². The van der Waals surface area contributed by atoms with Crippen molar-refractivity contribution in [1.82, 2.24) is 0 Å². The van der Waals surface area contributed by atoms with Gasteiger partial charge < -0.3 is 0 Å². The van der Waals surface area contributed by atoms with E-state index in [0.29, 0.717) is 38.8 Å². The lowest BCUT2D eigenvalue weighted by Gasteiger charge is -2.24. The first kappa shape index (κ1) is 57.4. The van der Waals surface area contributed by atoms with Crippen molar-refractivity contribution in [2.24, 2.45) is 60.7 Å². The molecular formula is C86H124N4+4. The molecule has 0 amide bonds. The molecule has 0 unspecified atom stereocenters. The maximum atomic E-state index is 8.92. The Kier molecular flexibility index (Phi) is 19.0. The van der Waals surface area contributed by atoms with Crippen LogP contribution in [0.4, 0.5) is 0 Å². The van der Waals surface area contributed by atoms with Gasteiger partial charge in [0, 0.05) is 85.2 Å². The van der Waals surface area contributed by atoms with Gasteiger partial charge in [-0.25, -0.2) is 18.3 Å². The molecule has 8 aromatic rings. The normalized spacial score (nSPS) is 14.9. The van der Waals surface area contributed by atoms with Gasteiger partial charge in [-0.05, 0) is 195 Å². The number of benzene rings is 4. The molecule has 0 bridgehead atoms. The lowest BCUT2D eigenvalue weighted by atomic mass is 9.81. The van der Waals surface area contributed by atoms with Gasteiger partial charge in [-0.2, -0.15) is 0 Å². The van der Waals surface area contributed by atoms with Crippen LogP contribution in [-0.2, 0) is 66.6 Å². The highest BCUT2D eigenvalue weighted by atomic mass is 14.9. The van der Waals surface area contributed by atoms with Crippen LogP contribution < -0.4 is 18.3 Å². The highest BCUT2D eigenvalue weighted by Gasteiger charge is 2.27. The van der Waals surface area contributed by atoms with E-state index in [2.05, 4.69) is 180 Å². The maximum Gasteiger partial charge on any atom is 0.212 e. The molecular weight excluding hydrogens is 1090 g/mol. The van der Waals surface area contributed by atoms with Crippen LogP contribution in [0, 0.1) is 87.7 Å². The fraction of sp³-hybridized carbons (Fsp3) is 0.488. The van der Waals surface area contributed by atoms with Crippen molar-refractivity contribution < 1.29 is 34.7 Å². The lowest BCUT2D eigenvalue weighted by molar-refractivity contribution is -0.661. The van der Waals surface area contributed by atoms with Gasteiger partial charge in [0.1, 0.15) is 28.2 Å². The third-order valence-corrected chi connectivity index (χ3v) is 15.3. The molecule has 0 saturated heterocycles. The first-order chi connectivity index (χ1) is 46.0. The number of pyridine rings is 4. The average molecular weight is 1230 g/mol. The van der Waals surface area contributed by atoms with Gasteiger partial charge in [0.05, 0.1) is 0 Å². The van der Waals surface area contributed by atoms with Gasteiger partial charge in [0.15, 0.2) is 24.8 Å². The monoisotopic (exact) mass is 1230 g/mol. The molecule has 0 aliphatic carbocycles. The maximum absolute atomic E-state index is 8.92. The second-order valence-corrected chi connectivity index (χ2v) is 32.3. The zero-order chi connectivity index (χ0) is 78.2. The number of aromatic nitrogens is 4. The van der Waals surface area contributed by atoms with Gasteiger partial charge in [-0.1, -0.05) is 196 Å². The second kappa shape index (κ2) is 29.8. The minimum absolute atomic E-state index is 0.0372. The fourth-order valence-electron chi connectivity index (χ4n) is 11.4. The molecule has 484 valence electrons. The highest BCUT2D eigenvalue weighted by molar-refractivity contribution is 5.65. The molecule has 0 radical (unpaired) electrons. The number of aryl methyl sites for hydroxylation is 12. The van der Waals surface area contributed by atoms with Crippen molar-refractivity contribution >= 4 is 0 Å². The molecule has 0 aliphatic rings. The first-order valence-corrected chi connectivity index (χ1v) is 32.4. The molecule has 4 nitrogen and oxygen atoms in total. The number of rotatable bonds is 10. The van der Waals surface area contributed by atoms with Crippen molar-refractivity contribution in [2.75, 3.05) is 0 Å². The van der Waals surface area contributed by atoms with Crippen LogP contribution in [0.1, 0.15) is 219 Å². The van der Waals surface area contributed by atoms with Crippen molar-refractivity contribution in [2.45, 2.75) is 218 Å². The molecule has 0 atom stereocenters. The summed E-state index contributed by atoms with van der Waals surface area (Å²) < 4.78 is 108. The summed E-state index contributed by atoms with van der Waals surface area (Å²) in [6, 6.07) is 36.3. The SMILES string of the molecule is Cc1ccc(-c2cc(C)c(CC(C)(C)C)c[n+]2C)c(C)c1.Cc1ccccc1-c1cc(CC(C)(C)C)c(CC(C)(C)C)c[n+]1C.[2H]C([2H])([2H])c1ccc(-c2cc(C([2H])([2H])[2H])c(C([2H])([2H])C(C)(C)C)c[n+]2C)c(C)c1.[2H]C([2H])(c1cc(-c2ccccc2C)[n+](C)cc1C([2H])([2H])C(C)(C)C)C(C)(C)C. The van der Waals surface area contributed by atoms with Crippen LogP contribution in [0.15, 0.2) is 134 Å².